The maximum absolute atomic E-state index is 11.6. The Morgan fingerprint density at radius 3 is 2.60 bits per heavy atom. The predicted molar refractivity (Wildman–Crippen MR) is 72.7 cm³/mol. The third-order valence-electron chi connectivity index (χ3n) is 3.59. The maximum atomic E-state index is 11.6. The molecular formula is C14H18N2O4. The van der Waals surface area contributed by atoms with E-state index in [1.54, 1.807) is 0 Å². The summed E-state index contributed by atoms with van der Waals surface area (Å²) in [6, 6.07) is 9.40. The van der Waals surface area contributed by atoms with Crippen LogP contribution in [-0.4, -0.2) is 29.5 Å². The Balaban J connectivity index is 1.73. The molecule has 0 amide bonds. The monoisotopic (exact) mass is 278 g/mol. The fraction of sp³-hybridized carbons (Fsp3) is 0.500. The Morgan fingerprint density at radius 2 is 2.05 bits per heavy atom. The molecule has 0 aromatic heterocycles. The molecule has 0 unspecified atom stereocenters. The van der Waals surface area contributed by atoms with E-state index in [9.17, 15) is 14.9 Å². The van der Waals surface area contributed by atoms with Crippen LogP contribution in [0.2, 0.25) is 0 Å². The number of ether oxygens (including phenoxy) is 1. The van der Waals surface area contributed by atoms with Crippen LogP contribution in [0, 0.1) is 10.1 Å². The molecule has 0 heterocycles. The minimum absolute atomic E-state index is 0.0146. The van der Waals surface area contributed by atoms with Gasteiger partial charge in [-0.3, -0.25) is 20.2 Å². The van der Waals surface area contributed by atoms with Gasteiger partial charge in [-0.25, -0.2) is 0 Å². The number of benzene rings is 1. The molecule has 0 spiro atoms. The van der Waals surface area contributed by atoms with Crippen LogP contribution < -0.4 is 5.32 Å². The first-order valence-corrected chi connectivity index (χ1v) is 6.66. The van der Waals surface area contributed by atoms with E-state index in [4.69, 9.17) is 4.74 Å². The van der Waals surface area contributed by atoms with E-state index in [1.165, 1.54) is 0 Å². The molecule has 0 bridgehead atoms. The summed E-state index contributed by atoms with van der Waals surface area (Å²) in [6.45, 7) is 0.100. The number of hydrogen-bond acceptors (Lipinski definition) is 5. The molecule has 0 radical (unpaired) electrons. The quantitative estimate of drug-likeness (QED) is 0.464. The summed E-state index contributed by atoms with van der Waals surface area (Å²) in [7, 11) is 0. The van der Waals surface area contributed by atoms with E-state index in [0.29, 0.717) is 0 Å². The molecule has 1 aliphatic rings. The number of hydrogen-bond donors (Lipinski definition) is 1. The molecule has 2 rings (SSSR count). The van der Waals surface area contributed by atoms with Gasteiger partial charge in [-0.2, -0.15) is 0 Å². The Morgan fingerprint density at radius 1 is 1.35 bits per heavy atom. The molecule has 1 N–H and O–H groups in total. The molecule has 1 aliphatic carbocycles. The highest BCUT2D eigenvalue weighted by atomic mass is 16.6. The summed E-state index contributed by atoms with van der Waals surface area (Å²) in [4.78, 5) is 21.9. The number of rotatable bonds is 7. The van der Waals surface area contributed by atoms with Crippen LogP contribution in [0.4, 0.5) is 0 Å². The van der Waals surface area contributed by atoms with Gasteiger partial charge >= 0.3 is 5.97 Å². The van der Waals surface area contributed by atoms with E-state index in [-0.39, 0.29) is 30.6 Å². The topological polar surface area (TPSA) is 81.5 Å². The van der Waals surface area contributed by atoms with Gasteiger partial charge in [-0.05, 0) is 24.8 Å². The number of carbonyl (C=O) groups is 1. The highest BCUT2D eigenvalue weighted by molar-refractivity contribution is 5.71. The molecule has 0 aliphatic heterocycles. The zero-order valence-electron chi connectivity index (χ0n) is 11.2. The summed E-state index contributed by atoms with van der Waals surface area (Å²) < 4.78 is 5.13. The maximum Gasteiger partial charge on any atom is 0.320 e. The van der Waals surface area contributed by atoms with Crippen molar-refractivity contribution in [2.24, 2.45) is 0 Å². The van der Waals surface area contributed by atoms with Crippen molar-refractivity contribution < 1.29 is 14.5 Å². The summed E-state index contributed by atoms with van der Waals surface area (Å²) in [5.74, 6) is -0.386. The van der Waals surface area contributed by atoms with Gasteiger partial charge in [0, 0.05) is 4.92 Å². The number of nitro groups is 1. The molecule has 6 heteroatoms. The van der Waals surface area contributed by atoms with Crippen molar-refractivity contribution in [3.05, 3.63) is 46.0 Å². The molecule has 0 atom stereocenters. The number of nitrogens with one attached hydrogen (secondary N) is 1. The first kappa shape index (κ1) is 14.5. The average molecular weight is 278 g/mol. The molecule has 20 heavy (non-hydrogen) atoms. The number of nitrogens with zero attached hydrogens (tertiary/aromatic N) is 1. The molecule has 1 fully saturated rings. The highest BCUT2D eigenvalue weighted by Gasteiger charge is 2.41. The summed E-state index contributed by atoms with van der Waals surface area (Å²) in [5.41, 5.74) is 0.402. The fourth-order valence-electron chi connectivity index (χ4n) is 2.29. The van der Waals surface area contributed by atoms with Crippen molar-refractivity contribution in [3.63, 3.8) is 0 Å². The summed E-state index contributed by atoms with van der Waals surface area (Å²) in [5, 5.41) is 13.6. The molecule has 0 saturated heterocycles. The Bertz CT molecular complexity index is 471. The van der Waals surface area contributed by atoms with Gasteiger partial charge in [0.25, 0.3) is 0 Å². The van der Waals surface area contributed by atoms with Gasteiger partial charge < -0.3 is 4.74 Å². The van der Waals surface area contributed by atoms with Gasteiger partial charge in [0.15, 0.2) is 0 Å². The summed E-state index contributed by atoms with van der Waals surface area (Å²) >= 11 is 0. The highest BCUT2D eigenvalue weighted by Crippen LogP contribution is 2.31. The summed E-state index contributed by atoms with van der Waals surface area (Å²) in [6.07, 6.45) is 2.43. The van der Waals surface area contributed by atoms with Crippen LogP contribution in [0.5, 0.6) is 0 Å². The lowest BCUT2D eigenvalue weighted by molar-refractivity contribution is -0.494. The Hall–Kier alpha value is -1.95. The number of carbonyl (C=O) groups excluding carboxylic acids is 1. The molecule has 1 aromatic rings. The van der Waals surface area contributed by atoms with Crippen molar-refractivity contribution in [2.75, 3.05) is 13.1 Å². The number of esters is 1. The fourth-order valence-corrected chi connectivity index (χ4v) is 2.29. The molecule has 108 valence electrons. The first-order valence-electron chi connectivity index (χ1n) is 6.66. The minimum atomic E-state index is -0.519. The van der Waals surface area contributed by atoms with Gasteiger partial charge in [0.05, 0.1) is 12.1 Å². The van der Waals surface area contributed by atoms with Gasteiger partial charge in [0.2, 0.25) is 6.54 Å². The molecule has 1 aromatic carbocycles. The van der Waals surface area contributed by atoms with E-state index >= 15 is 0 Å². The molecule has 6 nitrogen and oxygen atoms in total. The van der Waals surface area contributed by atoms with E-state index in [0.717, 1.165) is 24.8 Å². The van der Waals surface area contributed by atoms with E-state index < -0.39 is 5.54 Å². The van der Waals surface area contributed by atoms with Crippen LogP contribution in [0.3, 0.4) is 0 Å². The molecular weight excluding hydrogens is 260 g/mol. The Kier molecular flexibility index (Phi) is 4.68. The second kappa shape index (κ2) is 6.47. The average Bonchev–Trinajstić information content (AvgIpc) is 2.40. The third kappa shape index (κ3) is 4.03. The van der Waals surface area contributed by atoms with Gasteiger partial charge in [-0.15, -0.1) is 0 Å². The first-order chi connectivity index (χ1) is 9.60. The van der Waals surface area contributed by atoms with Crippen LogP contribution in [0.15, 0.2) is 30.3 Å². The van der Waals surface area contributed by atoms with Crippen LogP contribution in [0.1, 0.15) is 24.8 Å². The standard InChI is InChI=1S/C14H18N2O4/c17-13(20-10-12-5-2-1-3-6-12)9-15-14(7-4-8-14)11-16(18)19/h1-3,5-6,15H,4,7-11H2. The lowest BCUT2D eigenvalue weighted by Crippen LogP contribution is -2.57. The second-order valence-electron chi connectivity index (χ2n) is 5.12. The largest absolute Gasteiger partial charge is 0.460 e. The second-order valence-corrected chi connectivity index (χ2v) is 5.12. The van der Waals surface area contributed by atoms with Gasteiger partial charge in [-0.1, -0.05) is 30.3 Å². The lowest BCUT2D eigenvalue weighted by Gasteiger charge is -2.38. The zero-order valence-corrected chi connectivity index (χ0v) is 11.2. The van der Waals surface area contributed by atoms with Crippen LogP contribution in [0.25, 0.3) is 0 Å². The van der Waals surface area contributed by atoms with E-state index in [1.807, 2.05) is 30.3 Å². The van der Waals surface area contributed by atoms with Crippen LogP contribution >= 0.6 is 0 Å². The normalized spacial score (nSPS) is 16.2. The lowest BCUT2D eigenvalue weighted by atomic mass is 9.77. The predicted octanol–water partition coefficient (Wildman–Crippen LogP) is 1.52. The third-order valence-corrected chi connectivity index (χ3v) is 3.59. The van der Waals surface area contributed by atoms with E-state index in [2.05, 4.69) is 5.32 Å². The van der Waals surface area contributed by atoms with Crippen LogP contribution in [-0.2, 0) is 16.1 Å². The molecule has 1 saturated carbocycles. The zero-order chi connectivity index (χ0) is 14.4. The van der Waals surface area contributed by atoms with Crippen molar-refractivity contribution in [1.29, 1.82) is 0 Å². The Labute approximate surface area is 117 Å². The van der Waals surface area contributed by atoms with Gasteiger partial charge in [0.1, 0.15) is 6.61 Å². The SMILES string of the molecule is O=C(CNC1(C[N+](=O)[O-])CCC1)OCc1ccccc1. The van der Waals surface area contributed by atoms with Crippen molar-refractivity contribution in [2.45, 2.75) is 31.4 Å². The smallest absolute Gasteiger partial charge is 0.320 e. The minimum Gasteiger partial charge on any atom is -0.460 e. The van der Waals surface area contributed by atoms with Crippen molar-refractivity contribution in [1.82, 2.24) is 5.32 Å². The van der Waals surface area contributed by atoms with Crippen molar-refractivity contribution >= 4 is 5.97 Å². The van der Waals surface area contributed by atoms with Crippen molar-refractivity contribution in [3.8, 4) is 0 Å².